The fraction of sp³-hybridized carbons (Fsp3) is 0.172. The van der Waals surface area contributed by atoms with Crippen molar-refractivity contribution in [1.82, 2.24) is 8.61 Å². The fourth-order valence-electron chi connectivity index (χ4n) is 9.31. The number of hydrogen-bond acceptors (Lipinski definition) is 7. The molecular weight excluding hydrogens is 1200 g/mol. The molecule has 1 fully saturated rings. The second kappa shape index (κ2) is 26.6. The average Bonchev–Trinajstić information content (AvgIpc) is 1.79. The Labute approximate surface area is 516 Å². The number of sulfonamides is 2. The second-order valence-corrected chi connectivity index (χ2v) is 26.5. The number of carbonyl (C=O) groups is 2. The minimum Gasteiger partial charge on any atom is -0.326 e. The minimum absolute atomic E-state index is 0.0127. The highest BCUT2D eigenvalue weighted by Crippen LogP contribution is 2.41. The zero-order valence-electron chi connectivity index (χ0n) is 45.9. The number of amides is 2. The Morgan fingerprint density at radius 3 is 1.38 bits per heavy atom. The van der Waals surface area contributed by atoms with Crippen molar-refractivity contribution in [2.24, 2.45) is 5.41 Å². The van der Waals surface area contributed by atoms with Gasteiger partial charge in [-0.05, 0) is 115 Å². The third-order valence-electron chi connectivity index (χ3n) is 13.8. The molecule has 2 amide bonds. The van der Waals surface area contributed by atoms with Crippen LogP contribution in [-0.2, 0) is 62.2 Å². The molecule has 1 aliphatic heterocycles. The van der Waals surface area contributed by atoms with Crippen LogP contribution in [0.4, 0.5) is 28.4 Å². The topological polar surface area (TPSA) is 136 Å². The van der Waals surface area contributed by atoms with Crippen molar-refractivity contribution in [3.8, 4) is 0 Å². The van der Waals surface area contributed by atoms with Crippen LogP contribution < -0.4 is 15.1 Å². The van der Waals surface area contributed by atoms with E-state index in [9.17, 15) is 26.4 Å². The summed E-state index contributed by atoms with van der Waals surface area (Å²) in [6, 6.07) is 56.2. The molecule has 0 atom stereocenters. The van der Waals surface area contributed by atoms with Crippen LogP contribution in [0.25, 0.3) is 9.69 Å². The van der Waals surface area contributed by atoms with Crippen molar-refractivity contribution in [3.05, 3.63) is 265 Å². The Morgan fingerprint density at radius 1 is 0.548 bits per heavy atom. The first-order chi connectivity index (χ1) is 39.9. The summed E-state index contributed by atoms with van der Waals surface area (Å²) >= 11 is 31.2. The maximum absolute atomic E-state index is 14.3. The van der Waals surface area contributed by atoms with Gasteiger partial charge in [0, 0.05) is 53.0 Å². The van der Waals surface area contributed by atoms with E-state index < -0.39 is 31.0 Å². The minimum atomic E-state index is -4.14. The molecular formula is C64H55Cl4N7O6S3. The largest absolute Gasteiger partial charge is 0.326 e. The number of anilines is 3. The van der Waals surface area contributed by atoms with Gasteiger partial charge in [0.2, 0.25) is 37.3 Å². The molecule has 0 unspecified atom stereocenters. The van der Waals surface area contributed by atoms with Gasteiger partial charge in [0.25, 0.3) is 5.91 Å². The highest BCUT2D eigenvalue weighted by Gasteiger charge is 2.50. The van der Waals surface area contributed by atoms with Crippen LogP contribution in [0.15, 0.2) is 204 Å². The van der Waals surface area contributed by atoms with Crippen molar-refractivity contribution in [3.63, 3.8) is 0 Å². The summed E-state index contributed by atoms with van der Waals surface area (Å²) in [5.74, 6) is -0.614. The smallest absolute Gasteiger partial charge is 0.259 e. The van der Waals surface area contributed by atoms with Gasteiger partial charge >= 0.3 is 0 Å². The van der Waals surface area contributed by atoms with Crippen LogP contribution in [-0.4, -0.2) is 47.9 Å². The van der Waals surface area contributed by atoms with E-state index in [0.717, 1.165) is 22.3 Å². The number of halogens is 4. The third-order valence-corrected chi connectivity index (χ3v) is 19.3. The van der Waals surface area contributed by atoms with E-state index in [-0.39, 0.29) is 85.1 Å². The molecule has 428 valence electrons. The lowest BCUT2D eigenvalue weighted by molar-refractivity contribution is -0.124. The SMILES string of the molecule is [C-]#[N+]c1ccc(N2C(=O)C(C)(C)N(c3ccc(Cl)c(S(=O)(=O)N(Cc4ccccc4)Cc4ccccc4)c3)C2=S)cc1Cl.[C-]#[N+]c1ccc(NC(=O)C(C)(C)Cc2ccc(Cl)c(S(=O)(=O)N(Cc3ccccc3)Cc3ccccc3)c2)cc1Cl. The number of nitrogens with zero attached hydrogens (tertiary/aromatic N) is 6. The first kappa shape index (κ1) is 62.6. The van der Waals surface area contributed by atoms with Crippen LogP contribution in [0.5, 0.6) is 0 Å². The van der Waals surface area contributed by atoms with E-state index >= 15 is 0 Å². The molecule has 1 N–H and O–H groups in total. The molecule has 13 nitrogen and oxygen atoms in total. The third kappa shape index (κ3) is 14.4. The molecule has 9 rings (SSSR count). The highest BCUT2D eigenvalue weighted by molar-refractivity contribution is 7.89. The molecule has 84 heavy (non-hydrogen) atoms. The summed E-state index contributed by atoms with van der Waals surface area (Å²) < 4.78 is 59.5. The first-order valence-corrected chi connectivity index (χ1v) is 30.8. The molecule has 20 heteroatoms. The zero-order chi connectivity index (χ0) is 60.6. The van der Waals surface area contributed by atoms with Gasteiger partial charge in [-0.2, -0.15) is 8.61 Å². The van der Waals surface area contributed by atoms with E-state index in [1.54, 1.807) is 75.1 Å². The van der Waals surface area contributed by atoms with E-state index in [2.05, 4.69) is 15.0 Å². The van der Waals surface area contributed by atoms with Crippen LogP contribution in [0.2, 0.25) is 20.1 Å². The van der Waals surface area contributed by atoms with Gasteiger partial charge in [-0.15, -0.1) is 0 Å². The van der Waals surface area contributed by atoms with Gasteiger partial charge in [0.1, 0.15) is 15.3 Å². The van der Waals surface area contributed by atoms with Crippen molar-refractivity contribution in [2.45, 2.75) is 75.6 Å². The lowest BCUT2D eigenvalue weighted by Gasteiger charge is -2.30. The highest BCUT2D eigenvalue weighted by atomic mass is 35.5. The zero-order valence-corrected chi connectivity index (χ0v) is 51.4. The van der Waals surface area contributed by atoms with Gasteiger partial charge < -0.3 is 10.2 Å². The van der Waals surface area contributed by atoms with E-state index in [1.807, 2.05) is 121 Å². The van der Waals surface area contributed by atoms with Gasteiger partial charge in [0.15, 0.2) is 5.11 Å². The molecule has 0 aromatic heterocycles. The molecule has 0 bridgehead atoms. The Morgan fingerprint density at radius 2 is 0.952 bits per heavy atom. The molecule has 8 aromatic carbocycles. The summed E-state index contributed by atoms with van der Waals surface area (Å²) in [6.45, 7) is 21.9. The number of nitrogens with one attached hydrogen (secondary N) is 1. The van der Waals surface area contributed by atoms with Crippen LogP contribution in [0.3, 0.4) is 0 Å². The Bertz CT molecular complexity index is 3990. The van der Waals surface area contributed by atoms with E-state index in [0.29, 0.717) is 28.3 Å². The summed E-state index contributed by atoms with van der Waals surface area (Å²) in [5.41, 5.74) is 3.71. The van der Waals surface area contributed by atoms with Gasteiger partial charge in [-0.25, -0.2) is 26.5 Å². The number of carbonyl (C=O) groups excluding carboxylic acids is 2. The quantitative estimate of drug-likeness (QED) is 0.0663. The predicted octanol–water partition coefficient (Wildman–Crippen LogP) is 16.0. The molecule has 0 spiro atoms. The molecule has 1 saturated heterocycles. The average molecular weight is 1260 g/mol. The van der Waals surface area contributed by atoms with Gasteiger partial charge in [0.05, 0.1) is 28.9 Å². The molecule has 8 aromatic rings. The number of benzene rings is 8. The fourth-order valence-corrected chi connectivity index (χ4v) is 14.1. The van der Waals surface area contributed by atoms with Crippen molar-refractivity contribution in [2.75, 3.05) is 15.1 Å². The lowest BCUT2D eigenvalue weighted by Crippen LogP contribution is -2.44. The molecule has 1 aliphatic rings. The molecule has 0 aliphatic carbocycles. The van der Waals surface area contributed by atoms with Crippen molar-refractivity contribution < 1.29 is 26.4 Å². The predicted molar refractivity (Wildman–Crippen MR) is 340 cm³/mol. The lowest BCUT2D eigenvalue weighted by atomic mass is 9.84. The maximum atomic E-state index is 14.3. The van der Waals surface area contributed by atoms with Gasteiger partial charge in [-0.1, -0.05) is 200 Å². The number of rotatable bonds is 18. The van der Waals surface area contributed by atoms with E-state index in [1.165, 1.54) is 43.8 Å². The normalized spacial score (nSPS) is 13.3. The molecule has 0 radical (unpaired) electrons. The van der Waals surface area contributed by atoms with Crippen LogP contribution >= 0.6 is 58.6 Å². The summed E-state index contributed by atoms with van der Waals surface area (Å²) in [4.78, 5) is 36.4. The van der Waals surface area contributed by atoms with Crippen molar-refractivity contribution in [1.29, 1.82) is 0 Å². The number of hydrogen-bond donors (Lipinski definition) is 1. The van der Waals surface area contributed by atoms with Gasteiger partial charge in [-0.3, -0.25) is 14.5 Å². The van der Waals surface area contributed by atoms with Crippen LogP contribution in [0, 0.1) is 18.6 Å². The standard InChI is InChI=1S/C32H26Cl2N4O3S2.C32H29Cl2N3O3S/c1-32(2)30(39)37(24-15-17-28(35-3)27(34)18-24)31(42)38(32)25-14-16-26(33)29(19-25)43(40,41)36(20-22-10-6-4-7-11-22)21-23-12-8-5-9-13-23;1-32(2,31(38)36-26-15-17-29(35-3)28(34)19-26)20-25-14-16-27(33)30(18-25)41(39,40)37(21-23-10-6-4-7-11-23)22-24-12-8-5-9-13-24/h4-19H,20-21H2,1-2H3;4-19H,20-22H2,1-2H3,(H,36,38). The molecule has 0 saturated carbocycles. The second-order valence-electron chi connectivity index (χ2n) is 20.7. The Hall–Kier alpha value is -7.45. The van der Waals surface area contributed by atoms with Crippen molar-refractivity contribution >= 4 is 124 Å². The monoisotopic (exact) mass is 1250 g/mol. The number of thiocarbonyl (C=S) groups is 1. The Kier molecular flexibility index (Phi) is 19.8. The first-order valence-electron chi connectivity index (χ1n) is 26.0. The summed E-state index contributed by atoms with van der Waals surface area (Å²) in [5, 5.41) is 3.57. The molecule has 1 heterocycles. The Balaban J connectivity index is 0.000000219. The maximum Gasteiger partial charge on any atom is 0.259 e. The summed E-state index contributed by atoms with van der Waals surface area (Å²) in [6.07, 6.45) is 0.254. The van der Waals surface area contributed by atoms with Crippen LogP contribution in [0.1, 0.15) is 55.5 Å². The van der Waals surface area contributed by atoms with E-state index in [4.69, 9.17) is 71.8 Å². The summed E-state index contributed by atoms with van der Waals surface area (Å²) in [7, 11) is -8.16.